The summed E-state index contributed by atoms with van der Waals surface area (Å²) >= 11 is 0. The molecule has 0 unspecified atom stereocenters. The molecule has 8 heteroatoms. The molecule has 3 aromatic carbocycles. The van der Waals surface area contributed by atoms with Crippen LogP contribution in [0.15, 0.2) is 73.1 Å². The molecule has 1 aliphatic heterocycles. The van der Waals surface area contributed by atoms with Gasteiger partial charge in [-0.1, -0.05) is 30.3 Å². The molecular weight excluding hydrogens is 516 g/mol. The molecule has 2 aliphatic rings. The van der Waals surface area contributed by atoms with E-state index in [0.717, 1.165) is 39.2 Å². The van der Waals surface area contributed by atoms with Gasteiger partial charge in [-0.25, -0.2) is 14.8 Å². The molecule has 0 saturated heterocycles. The van der Waals surface area contributed by atoms with Gasteiger partial charge in [-0.2, -0.15) is 0 Å². The number of anilines is 1. The lowest BCUT2D eigenvalue weighted by Crippen LogP contribution is -2.33. The summed E-state index contributed by atoms with van der Waals surface area (Å²) in [5.41, 5.74) is 8.27. The zero-order valence-corrected chi connectivity index (χ0v) is 22.8. The number of aromatic nitrogens is 3. The molecule has 1 amide bonds. The van der Waals surface area contributed by atoms with E-state index in [9.17, 15) is 9.59 Å². The Bertz CT molecular complexity index is 1820. The summed E-state index contributed by atoms with van der Waals surface area (Å²) in [7, 11) is 1.37. The molecule has 1 saturated carbocycles. The first-order valence-electron chi connectivity index (χ1n) is 13.7. The molecule has 7 rings (SSSR count). The van der Waals surface area contributed by atoms with Gasteiger partial charge in [0.2, 0.25) is 0 Å². The summed E-state index contributed by atoms with van der Waals surface area (Å²) < 4.78 is 10.9. The molecule has 1 fully saturated rings. The molecule has 0 atom stereocenters. The lowest BCUT2D eigenvalue weighted by Gasteiger charge is -2.23. The molecule has 1 aliphatic carbocycles. The summed E-state index contributed by atoms with van der Waals surface area (Å²) in [4.78, 5) is 39.9. The number of hydrogen-bond acceptors (Lipinski definition) is 6. The standard InChI is InChI=1S/C33H28N4O4/c1-19-24(30-26-17-27(36-31(26)35-18-34-30)21-8-10-22(11-9-21)33(39)40-2)4-3-5-28(19)37-14-15-41-29-16-23(20-6-7-20)12-13-25(29)32(37)38/h3-5,8-13,16-18,20H,6-7,14-15H2,1-2H3,(H,34,35,36). The molecule has 0 bridgehead atoms. The van der Waals surface area contributed by atoms with Gasteiger partial charge in [0.05, 0.1) is 30.5 Å². The SMILES string of the molecule is COC(=O)c1ccc(-c2cc3c(-c4cccc(N5CCOc6cc(C7CC7)ccc6C5=O)c4C)ncnc3[nH]2)cc1. The van der Waals surface area contributed by atoms with Gasteiger partial charge in [0.1, 0.15) is 24.3 Å². The van der Waals surface area contributed by atoms with Crippen molar-refractivity contribution in [3.05, 3.63) is 95.3 Å². The number of amides is 1. The van der Waals surface area contributed by atoms with Gasteiger partial charge >= 0.3 is 5.97 Å². The lowest BCUT2D eigenvalue weighted by atomic mass is 10.00. The Morgan fingerprint density at radius 3 is 2.63 bits per heavy atom. The van der Waals surface area contributed by atoms with Gasteiger partial charge in [0.15, 0.2) is 0 Å². The minimum atomic E-state index is -0.377. The van der Waals surface area contributed by atoms with Crippen molar-refractivity contribution in [3.63, 3.8) is 0 Å². The Morgan fingerprint density at radius 2 is 1.85 bits per heavy atom. The van der Waals surface area contributed by atoms with Gasteiger partial charge in [-0.3, -0.25) is 4.79 Å². The third-order valence-corrected chi connectivity index (χ3v) is 8.00. The maximum atomic E-state index is 13.8. The molecular formula is C33H28N4O4. The number of H-pyrrole nitrogens is 1. The van der Waals surface area contributed by atoms with E-state index in [2.05, 4.69) is 21.0 Å². The van der Waals surface area contributed by atoms with Crippen LogP contribution in [-0.2, 0) is 4.74 Å². The highest BCUT2D eigenvalue weighted by atomic mass is 16.5. The van der Waals surface area contributed by atoms with Crippen LogP contribution in [0.3, 0.4) is 0 Å². The average Bonchev–Trinajstić information content (AvgIpc) is 3.79. The van der Waals surface area contributed by atoms with Crippen LogP contribution in [0.5, 0.6) is 5.75 Å². The molecule has 3 heterocycles. The van der Waals surface area contributed by atoms with E-state index < -0.39 is 0 Å². The molecule has 2 aromatic heterocycles. The second-order valence-corrected chi connectivity index (χ2v) is 10.5. The Balaban J connectivity index is 1.25. The molecule has 8 nitrogen and oxygen atoms in total. The number of aromatic amines is 1. The number of rotatable bonds is 5. The van der Waals surface area contributed by atoms with Crippen LogP contribution >= 0.6 is 0 Å². The van der Waals surface area contributed by atoms with Crippen LogP contribution < -0.4 is 9.64 Å². The number of ether oxygens (including phenoxy) is 2. The minimum Gasteiger partial charge on any atom is -0.491 e. The lowest BCUT2D eigenvalue weighted by molar-refractivity contribution is 0.0600. The first-order valence-corrected chi connectivity index (χ1v) is 13.7. The van der Waals surface area contributed by atoms with Gasteiger partial charge in [0.25, 0.3) is 5.91 Å². The van der Waals surface area contributed by atoms with E-state index >= 15 is 0 Å². The van der Waals surface area contributed by atoms with Crippen LogP contribution in [0.1, 0.15) is 50.6 Å². The summed E-state index contributed by atoms with van der Waals surface area (Å²) in [6.07, 6.45) is 3.94. The highest BCUT2D eigenvalue weighted by Crippen LogP contribution is 2.42. The maximum absolute atomic E-state index is 13.8. The number of hydrogen-bond donors (Lipinski definition) is 1. The predicted octanol–water partition coefficient (Wildman–Crippen LogP) is 6.30. The van der Waals surface area contributed by atoms with Crippen LogP contribution in [0.2, 0.25) is 0 Å². The summed E-state index contributed by atoms with van der Waals surface area (Å²) in [5.74, 6) is 0.827. The first kappa shape index (κ1) is 25.0. The van der Waals surface area contributed by atoms with Crippen molar-refractivity contribution in [2.45, 2.75) is 25.7 Å². The number of esters is 1. The van der Waals surface area contributed by atoms with E-state index in [1.807, 2.05) is 60.4 Å². The van der Waals surface area contributed by atoms with Crippen LogP contribution in [0, 0.1) is 6.92 Å². The number of carbonyl (C=O) groups is 2. The van der Waals surface area contributed by atoms with Crippen molar-refractivity contribution in [1.82, 2.24) is 15.0 Å². The third-order valence-electron chi connectivity index (χ3n) is 8.00. The normalized spacial score (nSPS) is 14.9. The Labute approximate surface area is 237 Å². The minimum absolute atomic E-state index is 0.0627. The van der Waals surface area contributed by atoms with Gasteiger partial charge in [-0.05, 0) is 78.8 Å². The smallest absolute Gasteiger partial charge is 0.337 e. The number of fused-ring (bicyclic) bond motifs is 2. The fraction of sp³-hybridized carbons (Fsp3) is 0.212. The molecule has 41 heavy (non-hydrogen) atoms. The molecule has 1 N–H and O–H groups in total. The zero-order valence-electron chi connectivity index (χ0n) is 22.8. The quantitative estimate of drug-likeness (QED) is 0.261. The number of benzene rings is 3. The molecule has 0 radical (unpaired) electrons. The zero-order chi connectivity index (χ0) is 28.1. The fourth-order valence-corrected chi connectivity index (χ4v) is 5.62. The van der Waals surface area contributed by atoms with Crippen molar-refractivity contribution in [2.24, 2.45) is 0 Å². The summed E-state index contributed by atoms with van der Waals surface area (Å²) in [6.45, 7) is 2.89. The van der Waals surface area contributed by atoms with E-state index in [1.165, 1.54) is 25.5 Å². The average molecular weight is 545 g/mol. The summed E-state index contributed by atoms with van der Waals surface area (Å²) in [6, 6.07) is 21.2. The van der Waals surface area contributed by atoms with Crippen molar-refractivity contribution < 1.29 is 19.1 Å². The molecule has 0 spiro atoms. The van der Waals surface area contributed by atoms with E-state index in [-0.39, 0.29) is 11.9 Å². The first-order chi connectivity index (χ1) is 20.0. The highest BCUT2D eigenvalue weighted by Gasteiger charge is 2.30. The van der Waals surface area contributed by atoms with Crippen LogP contribution in [0.4, 0.5) is 5.69 Å². The fourth-order valence-electron chi connectivity index (χ4n) is 5.62. The topological polar surface area (TPSA) is 97.4 Å². The van der Waals surface area contributed by atoms with Crippen LogP contribution in [0.25, 0.3) is 33.5 Å². The van der Waals surface area contributed by atoms with E-state index in [4.69, 9.17) is 9.47 Å². The number of methoxy groups -OCH3 is 1. The maximum Gasteiger partial charge on any atom is 0.337 e. The molecule has 5 aromatic rings. The van der Waals surface area contributed by atoms with E-state index in [0.29, 0.717) is 41.6 Å². The second-order valence-electron chi connectivity index (χ2n) is 10.5. The Morgan fingerprint density at radius 1 is 1.02 bits per heavy atom. The predicted molar refractivity (Wildman–Crippen MR) is 156 cm³/mol. The third kappa shape index (κ3) is 4.41. The van der Waals surface area contributed by atoms with Gasteiger partial charge < -0.3 is 19.4 Å². The highest BCUT2D eigenvalue weighted by molar-refractivity contribution is 6.09. The summed E-state index contributed by atoms with van der Waals surface area (Å²) in [5, 5.41) is 0.864. The van der Waals surface area contributed by atoms with Crippen LogP contribution in [-0.4, -0.2) is 47.1 Å². The largest absolute Gasteiger partial charge is 0.491 e. The Hall–Kier alpha value is -4.98. The van der Waals surface area contributed by atoms with Crippen molar-refractivity contribution in [2.75, 3.05) is 25.2 Å². The Kier molecular flexibility index (Phi) is 6.03. The van der Waals surface area contributed by atoms with Gasteiger partial charge in [0, 0.05) is 22.3 Å². The number of carbonyl (C=O) groups excluding carboxylic acids is 2. The second kappa shape index (κ2) is 9.89. The van der Waals surface area contributed by atoms with Crippen molar-refractivity contribution >= 4 is 28.6 Å². The van der Waals surface area contributed by atoms with Crippen molar-refractivity contribution in [1.29, 1.82) is 0 Å². The monoisotopic (exact) mass is 544 g/mol. The number of nitrogens with one attached hydrogen (secondary N) is 1. The number of nitrogens with zero attached hydrogens (tertiary/aromatic N) is 3. The molecule has 204 valence electrons. The van der Waals surface area contributed by atoms with Crippen molar-refractivity contribution in [3.8, 4) is 28.3 Å². The van der Waals surface area contributed by atoms with Gasteiger partial charge in [-0.15, -0.1) is 0 Å². The van der Waals surface area contributed by atoms with E-state index in [1.54, 1.807) is 18.5 Å².